The first-order valence-electron chi connectivity index (χ1n) is 6.00. The molecule has 1 heterocycles. The first-order valence-corrected chi connectivity index (χ1v) is 6.00. The summed E-state index contributed by atoms with van der Waals surface area (Å²) >= 11 is 0. The number of para-hydroxylation sites is 1. The van der Waals surface area contributed by atoms with Gasteiger partial charge < -0.3 is 14.5 Å². The van der Waals surface area contributed by atoms with E-state index in [2.05, 4.69) is 4.90 Å². The Morgan fingerprint density at radius 3 is 2.61 bits per heavy atom. The average Bonchev–Trinajstić information content (AvgIpc) is 2.38. The summed E-state index contributed by atoms with van der Waals surface area (Å²) in [5, 5.41) is 0. The Kier molecular flexibility index (Phi) is 4.15. The molecule has 4 nitrogen and oxygen atoms in total. The van der Waals surface area contributed by atoms with Crippen LogP contribution in [0.25, 0.3) is 0 Å². The zero-order valence-corrected chi connectivity index (χ0v) is 10.4. The van der Waals surface area contributed by atoms with E-state index in [1.54, 1.807) is 17.0 Å². The van der Waals surface area contributed by atoms with Crippen LogP contribution < -0.4 is 4.74 Å². The number of rotatable bonds is 3. The van der Waals surface area contributed by atoms with Gasteiger partial charge >= 0.3 is 0 Å². The summed E-state index contributed by atoms with van der Waals surface area (Å²) in [6, 6.07) is 6.10. The molecule has 0 radical (unpaired) electrons. The minimum Gasteiger partial charge on any atom is -0.481 e. The molecule has 18 heavy (non-hydrogen) atoms. The Morgan fingerprint density at radius 1 is 1.28 bits per heavy atom. The molecule has 0 saturated carbocycles. The van der Waals surface area contributed by atoms with E-state index < -0.39 is 5.82 Å². The molecular weight excluding hydrogens is 235 g/mol. The van der Waals surface area contributed by atoms with E-state index in [1.807, 2.05) is 7.05 Å². The van der Waals surface area contributed by atoms with Gasteiger partial charge in [-0.05, 0) is 19.2 Å². The quantitative estimate of drug-likeness (QED) is 0.804. The normalized spacial score (nSPS) is 16.7. The van der Waals surface area contributed by atoms with Gasteiger partial charge in [-0.3, -0.25) is 4.79 Å². The maximum absolute atomic E-state index is 13.3. The van der Waals surface area contributed by atoms with Crippen LogP contribution in [0.3, 0.4) is 0 Å². The first kappa shape index (κ1) is 12.8. The van der Waals surface area contributed by atoms with Crippen LogP contribution in [0.2, 0.25) is 0 Å². The number of piperazine rings is 1. The molecule has 98 valence electrons. The zero-order valence-electron chi connectivity index (χ0n) is 10.4. The number of amides is 1. The number of halogens is 1. The Hall–Kier alpha value is -1.62. The van der Waals surface area contributed by atoms with Crippen molar-refractivity contribution in [1.82, 2.24) is 9.80 Å². The molecule has 1 saturated heterocycles. The van der Waals surface area contributed by atoms with Gasteiger partial charge in [0.15, 0.2) is 18.2 Å². The summed E-state index contributed by atoms with van der Waals surface area (Å²) in [5.74, 6) is -0.407. The molecule has 0 bridgehead atoms. The molecular formula is C13H17FN2O2. The summed E-state index contributed by atoms with van der Waals surface area (Å²) in [7, 11) is 2.03. The molecule has 1 aromatic carbocycles. The predicted molar refractivity (Wildman–Crippen MR) is 66.0 cm³/mol. The van der Waals surface area contributed by atoms with Crippen molar-refractivity contribution >= 4 is 5.91 Å². The highest BCUT2D eigenvalue weighted by Gasteiger charge is 2.19. The second-order valence-corrected chi connectivity index (χ2v) is 4.40. The van der Waals surface area contributed by atoms with Crippen LogP contribution >= 0.6 is 0 Å². The fraction of sp³-hybridized carbons (Fsp3) is 0.462. The number of hydrogen-bond acceptors (Lipinski definition) is 3. The van der Waals surface area contributed by atoms with Crippen molar-refractivity contribution in [1.29, 1.82) is 0 Å². The van der Waals surface area contributed by atoms with Gasteiger partial charge in [0.25, 0.3) is 5.91 Å². The van der Waals surface area contributed by atoms with E-state index in [9.17, 15) is 9.18 Å². The summed E-state index contributed by atoms with van der Waals surface area (Å²) in [4.78, 5) is 15.8. The molecule has 0 unspecified atom stereocenters. The molecule has 1 amide bonds. The average molecular weight is 252 g/mol. The molecule has 0 aromatic heterocycles. The maximum Gasteiger partial charge on any atom is 0.260 e. The van der Waals surface area contributed by atoms with Gasteiger partial charge in [-0.15, -0.1) is 0 Å². The van der Waals surface area contributed by atoms with Crippen molar-refractivity contribution in [2.45, 2.75) is 0 Å². The molecule has 1 aliphatic rings. The molecule has 0 N–H and O–H groups in total. The van der Waals surface area contributed by atoms with Gasteiger partial charge in [0.2, 0.25) is 0 Å². The number of hydrogen-bond donors (Lipinski definition) is 0. The zero-order chi connectivity index (χ0) is 13.0. The van der Waals surface area contributed by atoms with E-state index in [1.165, 1.54) is 12.1 Å². The van der Waals surface area contributed by atoms with Crippen LogP contribution in [0.15, 0.2) is 24.3 Å². The lowest BCUT2D eigenvalue weighted by molar-refractivity contribution is -0.134. The van der Waals surface area contributed by atoms with E-state index in [-0.39, 0.29) is 18.3 Å². The van der Waals surface area contributed by atoms with Crippen LogP contribution in [0.5, 0.6) is 5.75 Å². The Balaban J connectivity index is 1.83. The molecule has 2 rings (SSSR count). The minimum atomic E-state index is -0.441. The second-order valence-electron chi connectivity index (χ2n) is 4.40. The van der Waals surface area contributed by atoms with Crippen molar-refractivity contribution < 1.29 is 13.9 Å². The van der Waals surface area contributed by atoms with Crippen molar-refractivity contribution in [2.24, 2.45) is 0 Å². The van der Waals surface area contributed by atoms with E-state index in [0.29, 0.717) is 13.1 Å². The topological polar surface area (TPSA) is 32.8 Å². The molecule has 0 atom stereocenters. The van der Waals surface area contributed by atoms with Crippen molar-refractivity contribution in [3.05, 3.63) is 30.1 Å². The lowest BCUT2D eigenvalue weighted by Gasteiger charge is -2.32. The maximum atomic E-state index is 13.3. The molecule has 0 spiro atoms. The van der Waals surface area contributed by atoms with E-state index >= 15 is 0 Å². The summed E-state index contributed by atoms with van der Waals surface area (Å²) in [6.07, 6.45) is 0. The van der Waals surface area contributed by atoms with Gasteiger partial charge in [-0.25, -0.2) is 4.39 Å². The third kappa shape index (κ3) is 3.20. The highest BCUT2D eigenvalue weighted by atomic mass is 19.1. The minimum absolute atomic E-state index is 0.0913. The van der Waals surface area contributed by atoms with Crippen molar-refractivity contribution in [3.63, 3.8) is 0 Å². The molecule has 1 aromatic rings. The standard InChI is InChI=1S/C13H17FN2O2/c1-15-6-8-16(9-7-15)13(17)10-18-12-5-3-2-4-11(12)14/h2-5H,6-10H2,1H3. The Bertz CT molecular complexity index is 417. The third-order valence-electron chi connectivity index (χ3n) is 3.04. The fourth-order valence-corrected chi connectivity index (χ4v) is 1.85. The molecule has 5 heteroatoms. The number of nitrogens with zero attached hydrogens (tertiary/aromatic N) is 2. The van der Waals surface area contributed by atoms with Crippen LogP contribution in [0.1, 0.15) is 0 Å². The lowest BCUT2D eigenvalue weighted by Crippen LogP contribution is -2.48. The summed E-state index contributed by atoms with van der Waals surface area (Å²) < 4.78 is 18.5. The Labute approximate surface area is 106 Å². The monoisotopic (exact) mass is 252 g/mol. The highest BCUT2D eigenvalue weighted by Crippen LogP contribution is 2.15. The van der Waals surface area contributed by atoms with Crippen LogP contribution in [-0.2, 0) is 4.79 Å². The van der Waals surface area contributed by atoms with E-state index in [4.69, 9.17) is 4.74 Å². The van der Waals surface area contributed by atoms with Gasteiger partial charge in [-0.1, -0.05) is 12.1 Å². The summed E-state index contributed by atoms with van der Waals surface area (Å²) in [5.41, 5.74) is 0. The number of ether oxygens (including phenoxy) is 1. The predicted octanol–water partition coefficient (Wildman–Crippen LogP) is 0.978. The SMILES string of the molecule is CN1CCN(C(=O)COc2ccccc2F)CC1. The second kappa shape index (κ2) is 5.82. The Morgan fingerprint density at radius 2 is 1.94 bits per heavy atom. The third-order valence-corrected chi connectivity index (χ3v) is 3.04. The molecule has 1 fully saturated rings. The van der Waals surface area contributed by atoms with Crippen LogP contribution in [-0.4, -0.2) is 55.5 Å². The summed E-state index contributed by atoms with van der Waals surface area (Å²) in [6.45, 7) is 3.04. The number of likely N-dealkylation sites (N-methyl/N-ethyl adjacent to an activating group) is 1. The number of carbonyl (C=O) groups is 1. The smallest absolute Gasteiger partial charge is 0.260 e. The van der Waals surface area contributed by atoms with Crippen LogP contribution in [0, 0.1) is 5.82 Å². The molecule has 0 aliphatic carbocycles. The van der Waals surface area contributed by atoms with Crippen LogP contribution in [0.4, 0.5) is 4.39 Å². The van der Waals surface area contributed by atoms with Gasteiger partial charge in [0.1, 0.15) is 0 Å². The number of carbonyl (C=O) groups excluding carboxylic acids is 1. The highest BCUT2D eigenvalue weighted by molar-refractivity contribution is 5.77. The lowest BCUT2D eigenvalue weighted by atomic mass is 10.3. The van der Waals surface area contributed by atoms with Gasteiger partial charge in [0.05, 0.1) is 0 Å². The van der Waals surface area contributed by atoms with Crippen molar-refractivity contribution in [3.8, 4) is 5.75 Å². The van der Waals surface area contributed by atoms with Gasteiger partial charge in [0, 0.05) is 26.2 Å². The fourth-order valence-electron chi connectivity index (χ4n) is 1.85. The largest absolute Gasteiger partial charge is 0.481 e. The first-order chi connectivity index (χ1) is 8.66. The number of benzene rings is 1. The van der Waals surface area contributed by atoms with Gasteiger partial charge in [-0.2, -0.15) is 0 Å². The molecule has 1 aliphatic heterocycles. The van der Waals surface area contributed by atoms with Crippen molar-refractivity contribution in [2.75, 3.05) is 39.8 Å². The van der Waals surface area contributed by atoms with E-state index in [0.717, 1.165) is 13.1 Å².